The number of amides is 1. The lowest BCUT2D eigenvalue weighted by molar-refractivity contribution is 0.0952. The maximum Gasteiger partial charge on any atom is 0.253 e. The van der Waals surface area contributed by atoms with Crippen molar-refractivity contribution in [1.82, 2.24) is 10.2 Å². The van der Waals surface area contributed by atoms with Crippen LogP contribution in [-0.4, -0.2) is 37.0 Å². The summed E-state index contributed by atoms with van der Waals surface area (Å²) in [6.07, 6.45) is 0.843. The second kappa shape index (κ2) is 7.09. The van der Waals surface area contributed by atoms with E-state index in [4.69, 9.17) is 5.73 Å². The van der Waals surface area contributed by atoms with Crippen molar-refractivity contribution in [2.45, 2.75) is 26.3 Å². The van der Waals surface area contributed by atoms with Gasteiger partial charge in [-0.3, -0.25) is 4.79 Å². The number of rotatable bonds is 6. The van der Waals surface area contributed by atoms with Gasteiger partial charge in [0.15, 0.2) is 0 Å². The summed E-state index contributed by atoms with van der Waals surface area (Å²) in [5.41, 5.74) is 5.63. The molecule has 0 atom stereocenters. The maximum absolute atomic E-state index is 13.2. The van der Waals surface area contributed by atoms with Crippen molar-refractivity contribution in [3.8, 4) is 0 Å². The van der Waals surface area contributed by atoms with Gasteiger partial charge in [0.05, 0.1) is 11.3 Å². The molecule has 0 aliphatic carbocycles. The van der Waals surface area contributed by atoms with E-state index in [1.807, 2.05) is 7.05 Å². The molecule has 1 aromatic rings. The third-order valence-electron chi connectivity index (χ3n) is 3.15. The minimum absolute atomic E-state index is 0.0979. The van der Waals surface area contributed by atoms with Crippen molar-refractivity contribution >= 4 is 11.6 Å². The highest BCUT2D eigenvalue weighted by atomic mass is 19.1. The number of hydrogen-bond donors (Lipinski definition) is 2. The Morgan fingerprint density at radius 3 is 2.79 bits per heavy atom. The number of nitrogen functional groups attached to an aromatic ring is 1. The molecular weight excluding hydrogens is 245 g/mol. The van der Waals surface area contributed by atoms with Gasteiger partial charge in [-0.2, -0.15) is 0 Å². The first-order chi connectivity index (χ1) is 8.93. The molecule has 1 aromatic carbocycles. The average molecular weight is 267 g/mol. The molecule has 3 N–H and O–H groups in total. The molecule has 0 saturated heterocycles. The molecule has 5 heteroatoms. The van der Waals surface area contributed by atoms with Crippen LogP contribution in [0.5, 0.6) is 0 Å². The predicted octanol–water partition coefficient (Wildman–Crippen LogP) is 1.87. The van der Waals surface area contributed by atoms with Gasteiger partial charge in [-0.15, -0.1) is 0 Å². The Hall–Kier alpha value is -1.62. The van der Waals surface area contributed by atoms with Gasteiger partial charge < -0.3 is 16.0 Å². The van der Waals surface area contributed by atoms with Crippen LogP contribution in [0.4, 0.5) is 10.1 Å². The fourth-order valence-corrected chi connectivity index (χ4v) is 1.62. The van der Waals surface area contributed by atoms with Crippen LogP contribution >= 0.6 is 0 Å². The first-order valence-electron chi connectivity index (χ1n) is 6.46. The minimum Gasteiger partial charge on any atom is -0.396 e. The number of nitrogens with one attached hydrogen (secondary N) is 1. The van der Waals surface area contributed by atoms with E-state index in [1.54, 1.807) is 0 Å². The monoisotopic (exact) mass is 267 g/mol. The van der Waals surface area contributed by atoms with E-state index in [1.165, 1.54) is 18.2 Å². The molecule has 106 valence electrons. The molecule has 4 nitrogen and oxygen atoms in total. The Bertz CT molecular complexity index is 435. The van der Waals surface area contributed by atoms with Crippen molar-refractivity contribution in [3.05, 3.63) is 29.6 Å². The van der Waals surface area contributed by atoms with Gasteiger partial charge in [0.1, 0.15) is 5.82 Å². The van der Waals surface area contributed by atoms with E-state index in [0.29, 0.717) is 12.6 Å². The molecule has 0 aliphatic rings. The summed E-state index contributed by atoms with van der Waals surface area (Å²) in [6.45, 7) is 5.68. The summed E-state index contributed by atoms with van der Waals surface area (Å²) in [6, 6.07) is 4.72. The minimum atomic E-state index is -0.563. The van der Waals surface area contributed by atoms with E-state index in [2.05, 4.69) is 24.1 Å². The molecule has 0 aromatic heterocycles. The Labute approximate surface area is 113 Å². The van der Waals surface area contributed by atoms with E-state index < -0.39 is 5.82 Å². The highest BCUT2D eigenvalue weighted by Crippen LogP contribution is 2.15. The third kappa shape index (κ3) is 4.52. The largest absolute Gasteiger partial charge is 0.396 e. The Kier molecular flexibility index (Phi) is 5.76. The first-order valence-corrected chi connectivity index (χ1v) is 6.46. The van der Waals surface area contributed by atoms with Crippen molar-refractivity contribution in [2.75, 3.05) is 25.9 Å². The van der Waals surface area contributed by atoms with Crippen molar-refractivity contribution < 1.29 is 9.18 Å². The number of hydrogen-bond acceptors (Lipinski definition) is 3. The zero-order chi connectivity index (χ0) is 14.4. The molecule has 0 fully saturated rings. The summed E-state index contributed by atoms with van der Waals surface area (Å²) in [7, 11) is 2.04. The molecule has 0 saturated carbocycles. The molecule has 1 rings (SSSR count). The van der Waals surface area contributed by atoms with Gasteiger partial charge in [-0.05, 0) is 46.0 Å². The SMILES string of the molecule is CC(C)N(C)CCCNC(=O)c1cccc(F)c1N. The van der Waals surface area contributed by atoms with Crippen LogP contribution in [0.25, 0.3) is 0 Å². The zero-order valence-corrected chi connectivity index (χ0v) is 11.7. The molecule has 0 aliphatic heterocycles. The standard InChI is InChI=1S/C14H22FN3O/c1-10(2)18(3)9-5-8-17-14(19)11-6-4-7-12(15)13(11)16/h4,6-7,10H,5,8-9,16H2,1-3H3,(H,17,19). The first kappa shape index (κ1) is 15.4. The Morgan fingerprint density at radius 2 is 2.16 bits per heavy atom. The lowest BCUT2D eigenvalue weighted by Crippen LogP contribution is -2.31. The maximum atomic E-state index is 13.2. The third-order valence-corrected chi connectivity index (χ3v) is 3.15. The van der Waals surface area contributed by atoms with E-state index >= 15 is 0 Å². The number of nitrogens with zero attached hydrogens (tertiary/aromatic N) is 1. The quantitative estimate of drug-likeness (QED) is 0.611. The number of anilines is 1. The molecule has 19 heavy (non-hydrogen) atoms. The number of carbonyl (C=O) groups excluding carboxylic acids is 1. The van der Waals surface area contributed by atoms with E-state index in [0.717, 1.165) is 13.0 Å². The summed E-state index contributed by atoms with van der Waals surface area (Å²) in [5, 5.41) is 2.75. The van der Waals surface area contributed by atoms with Gasteiger partial charge in [0, 0.05) is 12.6 Å². The van der Waals surface area contributed by atoms with Crippen molar-refractivity contribution in [2.24, 2.45) is 0 Å². The fraction of sp³-hybridized carbons (Fsp3) is 0.500. The Balaban J connectivity index is 2.42. The van der Waals surface area contributed by atoms with Crippen LogP contribution in [0.15, 0.2) is 18.2 Å². The second-order valence-electron chi connectivity index (χ2n) is 4.88. The summed E-state index contributed by atoms with van der Waals surface area (Å²) in [5.74, 6) is -0.892. The molecule has 0 unspecified atom stereocenters. The highest BCUT2D eigenvalue weighted by molar-refractivity contribution is 5.99. The van der Waals surface area contributed by atoms with Crippen LogP contribution in [0.2, 0.25) is 0 Å². The van der Waals surface area contributed by atoms with Gasteiger partial charge in [-0.1, -0.05) is 6.07 Å². The smallest absolute Gasteiger partial charge is 0.253 e. The number of carbonyl (C=O) groups is 1. The zero-order valence-electron chi connectivity index (χ0n) is 11.7. The summed E-state index contributed by atoms with van der Waals surface area (Å²) < 4.78 is 13.2. The molecule has 0 spiro atoms. The summed E-state index contributed by atoms with van der Waals surface area (Å²) in [4.78, 5) is 14.0. The van der Waals surface area contributed by atoms with Crippen LogP contribution < -0.4 is 11.1 Å². The lowest BCUT2D eigenvalue weighted by atomic mass is 10.1. The van der Waals surface area contributed by atoms with Gasteiger partial charge in [0.2, 0.25) is 0 Å². The normalized spacial score (nSPS) is 11.1. The number of benzene rings is 1. The molecular formula is C14H22FN3O. The van der Waals surface area contributed by atoms with Gasteiger partial charge >= 0.3 is 0 Å². The lowest BCUT2D eigenvalue weighted by Gasteiger charge is -2.20. The summed E-state index contributed by atoms with van der Waals surface area (Å²) >= 11 is 0. The Morgan fingerprint density at radius 1 is 1.47 bits per heavy atom. The van der Waals surface area contributed by atoms with Crippen LogP contribution in [-0.2, 0) is 0 Å². The highest BCUT2D eigenvalue weighted by Gasteiger charge is 2.12. The molecule has 0 bridgehead atoms. The van der Waals surface area contributed by atoms with E-state index in [9.17, 15) is 9.18 Å². The molecule has 0 heterocycles. The predicted molar refractivity (Wildman–Crippen MR) is 75.5 cm³/mol. The number of nitrogens with two attached hydrogens (primary N) is 1. The number of para-hydroxylation sites is 1. The van der Waals surface area contributed by atoms with Crippen LogP contribution in [0.3, 0.4) is 0 Å². The topological polar surface area (TPSA) is 58.4 Å². The fourth-order valence-electron chi connectivity index (χ4n) is 1.62. The van der Waals surface area contributed by atoms with Gasteiger partial charge in [0.25, 0.3) is 5.91 Å². The van der Waals surface area contributed by atoms with Crippen molar-refractivity contribution in [1.29, 1.82) is 0 Å². The second-order valence-corrected chi connectivity index (χ2v) is 4.88. The van der Waals surface area contributed by atoms with Crippen LogP contribution in [0, 0.1) is 5.82 Å². The van der Waals surface area contributed by atoms with Gasteiger partial charge in [-0.25, -0.2) is 4.39 Å². The molecule has 1 amide bonds. The molecule has 0 radical (unpaired) electrons. The number of halogens is 1. The van der Waals surface area contributed by atoms with Crippen LogP contribution in [0.1, 0.15) is 30.6 Å². The van der Waals surface area contributed by atoms with Crippen molar-refractivity contribution in [3.63, 3.8) is 0 Å². The van der Waals surface area contributed by atoms with E-state index in [-0.39, 0.29) is 17.2 Å². The average Bonchev–Trinajstić information content (AvgIpc) is 2.37.